The summed E-state index contributed by atoms with van der Waals surface area (Å²) in [5.74, 6) is -1.02. The van der Waals surface area contributed by atoms with Crippen molar-refractivity contribution in [2.45, 2.75) is 33.4 Å². The van der Waals surface area contributed by atoms with Gasteiger partial charge in [0.15, 0.2) is 0 Å². The summed E-state index contributed by atoms with van der Waals surface area (Å²) in [7, 11) is 2.80. The zero-order chi connectivity index (χ0) is 25.2. The number of hydrogen-bond donors (Lipinski definition) is 0. The second-order valence-electron chi connectivity index (χ2n) is 7.99. The zero-order valence-corrected chi connectivity index (χ0v) is 19.7. The van der Waals surface area contributed by atoms with Gasteiger partial charge in [0.05, 0.1) is 29.5 Å². The van der Waals surface area contributed by atoms with E-state index in [1.54, 1.807) is 46.1 Å². The Morgan fingerprint density at radius 3 is 2.41 bits per heavy atom. The maximum atomic E-state index is 13.6. The number of carbonyl (C=O) groups is 2. The van der Waals surface area contributed by atoms with Gasteiger partial charge in [0, 0.05) is 37.3 Å². The molecule has 0 aliphatic carbocycles. The van der Waals surface area contributed by atoms with E-state index in [0.717, 1.165) is 6.07 Å². The average Bonchev–Trinajstić information content (AvgIpc) is 3.19. The molecule has 1 amide bonds. The highest BCUT2D eigenvalue weighted by Gasteiger charge is 2.37. The molecular weight excluding hydrogens is 449 g/mol. The van der Waals surface area contributed by atoms with Crippen LogP contribution in [0.1, 0.15) is 35.9 Å². The monoisotopic (exact) mass is 476 g/mol. The molecule has 34 heavy (non-hydrogen) atoms. The van der Waals surface area contributed by atoms with Gasteiger partial charge in [0.1, 0.15) is 0 Å². The van der Waals surface area contributed by atoms with Crippen LogP contribution in [0.15, 0.2) is 47.2 Å². The summed E-state index contributed by atoms with van der Waals surface area (Å²) in [6, 6.07) is 7.02. The number of methoxy groups -OCH3 is 2. The second kappa shape index (κ2) is 9.89. The number of benzene rings is 1. The third kappa shape index (κ3) is 4.65. The van der Waals surface area contributed by atoms with Crippen molar-refractivity contribution in [3.8, 4) is 5.69 Å². The van der Waals surface area contributed by atoms with Crippen LogP contribution in [0.5, 0.6) is 0 Å². The Morgan fingerprint density at radius 2 is 1.79 bits per heavy atom. The number of allylic oxidation sites excluding steroid dienone is 1. The number of aromatic nitrogens is 1. The first-order chi connectivity index (χ1) is 16.0. The number of ether oxygens (including phenoxy) is 2. The first-order valence-corrected chi connectivity index (χ1v) is 10.7. The normalized spacial score (nSPS) is 15.6. The Balaban J connectivity index is 2.12. The van der Waals surface area contributed by atoms with Crippen molar-refractivity contribution < 1.29 is 32.2 Å². The fraction of sp³-hybridized carbons (Fsp3) is 0.360. The molecule has 0 unspecified atom stereocenters. The molecule has 0 N–H and O–H groups in total. The van der Waals surface area contributed by atoms with Crippen molar-refractivity contribution in [1.29, 1.82) is 0 Å². The molecule has 3 rings (SSSR count). The summed E-state index contributed by atoms with van der Waals surface area (Å²) in [6.07, 6.45) is -2.41. The summed E-state index contributed by atoms with van der Waals surface area (Å²) in [4.78, 5) is 27.2. The number of rotatable bonds is 7. The molecule has 1 aliphatic rings. The highest BCUT2D eigenvalue weighted by Crippen LogP contribution is 2.37. The lowest BCUT2D eigenvalue weighted by Gasteiger charge is -2.17. The number of aryl methyl sites for hydroxylation is 1. The van der Waals surface area contributed by atoms with Gasteiger partial charge in [-0.2, -0.15) is 13.2 Å². The predicted octanol–water partition coefficient (Wildman–Crippen LogP) is 4.82. The van der Waals surface area contributed by atoms with Crippen molar-refractivity contribution >= 4 is 18.0 Å². The number of alkyl halides is 3. The van der Waals surface area contributed by atoms with E-state index in [9.17, 15) is 22.8 Å². The summed E-state index contributed by atoms with van der Waals surface area (Å²) in [5, 5.41) is 0. The Kier molecular flexibility index (Phi) is 7.35. The van der Waals surface area contributed by atoms with Crippen molar-refractivity contribution in [3.63, 3.8) is 0 Å². The maximum absolute atomic E-state index is 13.6. The van der Waals surface area contributed by atoms with Gasteiger partial charge in [-0.15, -0.1) is 0 Å². The van der Waals surface area contributed by atoms with Crippen LogP contribution in [0.25, 0.3) is 11.8 Å². The van der Waals surface area contributed by atoms with Gasteiger partial charge >= 0.3 is 12.1 Å². The van der Waals surface area contributed by atoms with Crippen molar-refractivity contribution in [2.24, 2.45) is 0 Å². The lowest BCUT2D eigenvalue weighted by Crippen LogP contribution is -2.26. The van der Waals surface area contributed by atoms with Crippen molar-refractivity contribution in [2.75, 3.05) is 27.4 Å². The lowest BCUT2D eigenvalue weighted by molar-refractivity contribution is -0.137. The molecule has 0 spiro atoms. The molecule has 182 valence electrons. The fourth-order valence-corrected chi connectivity index (χ4v) is 4.23. The molecule has 1 aliphatic heterocycles. The largest absolute Gasteiger partial charge is 0.465 e. The molecule has 1 aromatic carbocycles. The Bertz CT molecular complexity index is 1180. The first-order valence-electron chi connectivity index (χ1n) is 10.7. The van der Waals surface area contributed by atoms with Crippen molar-refractivity contribution in [3.05, 3.63) is 69.7 Å². The molecule has 0 fully saturated rings. The molecule has 2 aromatic rings. The fourth-order valence-electron chi connectivity index (χ4n) is 4.23. The van der Waals surface area contributed by atoms with Crippen LogP contribution in [0, 0.1) is 13.8 Å². The van der Waals surface area contributed by atoms with Gasteiger partial charge in [-0.3, -0.25) is 4.79 Å². The molecule has 6 nitrogen and oxygen atoms in total. The van der Waals surface area contributed by atoms with E-state index in [1.165, 1.54) is 28.7 Å². The average molecular weight is 476 g/mol. The summed E-state index contributed by atoms with van der Waals surface area (Å²) < 4.78 is 52.4. The van der Waals surface area contributed by atoms with Gasteiger partial charge in [-0.05, 0) is 57.0 Å². The van der Waals surface area contributed by atoms with Crippen LogP contribution in [0.4, 0.5) is 13.2 Å². The van der Waals surface area contributed by atoms with Gasteiger partial charge in [-0.1, -0.05) is 12.1 Å². The predicted molar refractivity (Wildman–Crippen MR) is 121 cm³/mol. The number of carbonyl (C=O) groups excluding carboxylic acids is 2. The Labute approximate surface area is 196 Å². The molecule has 2 heterocycles. The van der Waals surface area contributed by atoms with E-state index in [0.29, 0.717) is 42.2 Å². The highest BCUT2D eigenvalue weighted by atomic mass is 19.4. The SMILES string of the molecule is COCCCN1C(=O)/C(=C/c2cc(C)n(-c3ccccc3C(F)(F)F)c2C)C(C(=O)OC)=C1C. The van der Waals surface area contributed by atoms with Crippen LogP contribution in [0.3, 0.4) is 0 Å². The number of nitrogens with zero attached hydrogens (tertiary/aromatic N) is 2. The number of esters is 1. The van der Waals surface area contributed by atoms with E-state index in [1.807, 2.05) is 0 Å². The highest BCUT2D eigenvalue weighted by molar-refractivity contribution is 6.16. The van der Waals surface area contributed by atoms with Crippen molar-refractivity contribution in [1.82, 2.24) is 9.47 Å². The quantitative estimate of drug-likeness (QED) is 0.327. The van der Waals surface area contributed by atoms with Crippen LogP contribution < -0.4 is 0 Å². The van der Waals surface area contributed by atoms with Gasteiger partial charge < -0.3 is 18.9 Å². The molecule has 0 radical (unpaired) electrons. The van der Waals surface area contributed by atoms with Gasteiger partial charge in [-0.25, -0.2) is 4.79 Å². The standard InChI is InChI=1S/C25H27F3N2O4/c1-15-13-18(16(2)30(15)21-10-7-6-9-20(21)25(26,27)28)14-19-22(24(32)34-5)17(3)29(23(19)31)11-8-12-33-4/h6-7,9-10,13-14H,8,11-12H2,1-5H3/b19-14+. The van der Waals surface area contributed by atoms with E-state index in [2.05, 4.69) is 0 Å². The molecular formula is C25H27F3N2O4. The maximum Gasteiger partial charge on any atom is 0.418 e. The topological polar surface area (TPSA) is 60.8 Å². The third-order valence-electron chi connectivity index (χ3n) is 5.85. The van der Waals surface area contributed by atoms with Crippen LogP contribution in [-0.4, -0.2) is 48.7 Å². The Hall–Kier alpha value is -3.33. The zero-order valence-electron chi connectivity index (χ0n) is 19.7. The van der Waals surface area contributed by atoms with Crippen LogP contribution >= 0.6 is 0 Å². The summed E-state index contributed by atoms with van der Waals surface area (Å²) >= 11 is 0. The number of hydrogen-bond acceptors (Lipinski definition) is 4. The van der Waals surface area contributed by atoms with E-state index in [4.69, 9.17) is 9.47 Å². The minimum atomic E-state index is -4.53. The van der Waals surface area contributed by atoms with E-state index < -0.39 is 17.7 Å². The smallest absolute Gasteiger partial charge is 0.418 e. The van der Waals surface area contributed by atoms with Crippen LogP contribution in [0.2, 0.25) is 0 Å². The molecule has 0 saturated carbocycles. The van der Waals surface area contributed by atoms with Crippen LogP contribution in [-0.2, 0) is 25.2 Å². The third-order valence-corrected chi connectivity index (χ3v) is 5.85. The minimum absolute atomic E-state index is 0.00601. The molecule has 0 saturated heterocycles. The first kappa shape index (κ1) is 25.3. The van der Waals surface area contributed by atoms with Gasteiger partial charge in [0.25, 0.3) is 5.91 Å². The van der Waals surface area contributed by atoms with E-state index >= 15 is 0 Å². The summed E-state index contributed by atoms with van der Waals surface area (Å²) in [6.45, 7) is 5.84. The Morgan fingerprint density at radius 1 is 1.12 bits per heavy atom. The number of halogens is 3. The van der Waals surface area contributed by atoms with Gasteiger partial charge in [0.2, 0.25) is 0 Å². The molecule has 1 aromatic heterocycles. The minimum Gasteiger partial charge on any atom is -0.465 e. The molecule has 9 heteroatoms. The molecule has 0 bridgehead atoms. The number of para-hydroxylation sites is 1. The number of amides is 1. The lowest BCUT2D eigenvalue weighted by atomic mass is 10.0. The summed E-state index contributed by atoms with van der Waals surface area (Å²) in [5.41, 5.74) is 1.59. The molecule has 0 atom stereocenters. The second-order valence-corrected chi connectivity index (χ2v) is 7.99. The van der Waals surface area contributed by atoms with E-state index in [-0.39, 0.29) is 22.7 Å².